The van der Waals surface area contributed by atoms with E-state index in [9.17, 15) is 0 Å². The molecule has 0 aliphatic carbocycles. The van der Waals surface area contributed by atoms with Gasteiger partial charge in [0.25, 0.3) is 0 Å². The van der Waals surface area contributed by atoms with Gasteiger partial charge in [0, 0.05) is 21.8 Å². The van der Waals surface area contributed by atoms with Crippen LogP contribution in [0.2, 0.25) is 5.02 Å². The van der Waals surface area contributed by atoms with Crippen molar-refractivity contribution >= 4 is 33.4 Å². The number of benzene rings is 1. The summed E-state index contributed by atoms with van der Waals surface area (Å²) in [5, 5.41) is 8.00. The molecule has 0 fully saturated rings. The number of nitrogens with two attached hydrogens (primary N) is 1. The Hall–Kier alpha value is -1.59. The lowest BCUT2D eigenvalue weighted by Gasteiger charge is -2.10. The van der Waals surface area contributed by atoms with Crippen molar-refractivity contribution < 1.29 is 4.74 Å². The lowest BCUT2D eigenvalue weighted by Crippen LogP contribution is -2.12. The largest absolute Gasteiger partial charge is 0.455 e. The predicted octanol–water partition coefficient (Wildman–Crippen LogP) is 3.57. The van der Waals surface area contributed by atoms with Crippen LogP contribution in [-0.4, -0.2) is 10.8 Å². The Kier molecular flexibility index (Phi) is 3.84. The number of hydrogen-bond acceptors (Lipinski definition) is 3. The Morgan fingerprint density at radius 1 is 1.33 bits per heavy atom. The van der Waals surface area contributed by atoms with Crippen LogP contribution in [-0.2, 0) is 0 Å². The lowest BCUT2D eigenvalue weighted by atomic mass is 10.2. The van der Waals surface area contributed by atoms with Crippen molar-refractivity contribution in [3.05, 3.63) is 51.7 Å². The van der Waals surface area contributed by atoms with Crippen LogP contribution in [0.5, 0.6) is 11.5 Å². The number of rotatable bonds is 3. The van der Waals surface area contributed by atoms with Crippen LogP contribution in [0.15, 0.2) is 41.1 Å². The molecule has 4 nitrogen and oxygen atoms in total. The minimum atomic E-state index is -0.0791. The minimum absolute atomic E-state index is 0.0791. The molecule has 0 aliphatic heterocycles. The maximum absolute atomic E-state index is 7.48. The maximum Gasteiger partial charge on any atom is 0.146 e. The third-order valence-electron chi connectivity index (χ3n) is 2.14. The number of halogens is 2. The van der Waals surface area contributed by atoms with Gasteiger partial charge in [-0.3, -0.25) is 10.4 Å². The summed E-state index contributed by atoms with van der Waals surface area (Å²) in [6, 6.07) is 6.67. The first kappa shape index (κ1) is 12.9. The summed E-state index contributed by atoms with van der Waals surface area (Å²) < 4.78 is 6.43. The summed E-state index contributed by atoms with van der Waals surface area (Å²) in [6.07, 6.45) is 3.21. The minimum Gasteiger partial charge on any atom is -0.455 e. The van der Waals surface area contributed by atoms with Crippen molar-refractivity contribution in [2.45, 2.75) is 0 Å². The van der Waals surface area contributed by atoms with Gasteiger partial charge >= 0.3 is 0 Å². The van der Waals surface area contributed by atoms with E-state index in [0.717, 1.165) is 4.47 Å². The molecule has 18 heavy (non-hydrogen) atoms. The molecule has 0 saturated heterocycles. The fraction of sp³-hybridized carbons (Fsp3) is 0. The molecule has 0 spiro atoms. The van der Waals surface area contributed by atoms with E-state index < -0.39 is 0 Å². The van der Waals surface area contributed by atoms with Crippen LogP contribution in [0, 0.1) is 5.41 Å². The molecule has 1 aromatic carbocycles. The molecule has 0 atom stereocenters. The molecule has 92 valence electrons. The van der Waals surface area contributed by atoms with Gasteiger partial charge in [0.05, 0.1) is 11.8 Å². The maximum atomic E-state index is 7.48. The fourth-order valence-corrected chi connectivity index (χ4v) is 1.88. The topological polar surface area (TPSA) is 72.0 Å². The quantitative estimate of drug-likeness (QED) is 0.669. The molecule has 0 bridgehead atoms. The standard InChI is InChI=1S/C12H9BrClN3O/c13-7-3-9(6-17-5-7)18-11-4-8(14)1-2-10(11)12(15)16/h1-6H,(H3,15,16). The molecule has 0 amide bonds. The van der Waals surface area contributed by atoms with Gasteiger partial charge in [-0.25, -0.2) is 0 Å². The summed E-state index contributed by atoms with van der Waals surface area (Å²) in [6.45, 7) is 0. The molecule has 2 rings (SSSR count). The summed E-state index contributed by atoms with van der Waals surface area (Å²) in [7, 11) is 0. The van der Waals surface area contributed by atoms with Crippen molar-refractivity contribution in [1.82, 2.24) is 4.98 Å². The van der Waals surface area contributed by atoms with Crippen molar-refractivity contribution in [2.24, 2.45) is 5.73 Å². The zero-order valence-electron chi connectivity index (χ0n) is 9.15. The van der Waals surface area contributed by atoms with Gasteiger partial charge in [0.2, 0.25) is 0 Å². The summed E-state index contributed by atoms with van der Waals surface area (Å²) in [5.74, 6) is 0.883. The Bertz CT molecular complexity index is 604. The molecule has 0 unspecified atom stereocenters. The molecule has 1 heterocycles. The molecule has 0 radical (unpaired) electrons. The summed E-state index contributed by atoms with van der Waals surface area (Å²) in [5.41, 5.74) is 5.97. The van der Waals surface area contributed by atoms with Crippen LogP contribution in [0.25, 0.3) is 0 Å². The van der Waals surface area contributed by atoms with Crippen molar-refractivity contribution in [2.75, 3.05) is 0 Å². The Morgan fingerprint density at radius 3 is 2.78 bits per heavy atom. The smallest absolute Gasteiger partial charge is 0.146 e. The van der Waals surface area contributed by atoms with Crippen molar-refractivity contribution in [1.29, 1.82) is 5.41 Å². The molecule has 1 aromatic heterocycles. The Balaban J connectivity index is 2.39. The van der Waals surface area contributed by atoms with Crippen LogP contribution in [0.4, 0.5) is 0 Å². The SMILES string of the molecule is N=C(N)c1ccc(Cl)cc1Oc1cncc(Br)c1. The molecule has 0 aliphatic rings. The van der Waals surface area contributed by atoms with Gasteiger partial charge < -0.3 is 10.5 Å². The zero-order chi connectivity index (χ0) is 13.1. The number of nitrogen functional groups attached to an aromatic ring is 1. The number of aromatic nitrogens is 1. The highest BCUT2D eigenvalue weighted by Gasteiger charge is 2.09. The van der Waals surface area contributed by atoms with E-state index in [0.29, 0.717) is 22.1 Å². The Morgan fingerprint density at radius 2 is 2.11 bits per heavy atom. The van der Waals surface area contributed by atoms with Gasteiger partial charge in [-0.05, 0) is 34.1 Å². The van der Waals surface area contributed by atoms with Gasteiger partial charge in [0.15, 0.2) is 0 Å². The first-order chi connectivity index (χ1) is 8.56. The number of pyridine rings is 1. The van der Waals surface area contributed by atoms with E-state index in [1.54, 1.807) is 36.7 Å². The molecule has 3 N–H and O–H groups in total. The third-order valence-corrected chi connectivity index (χ3v) is 2.81. The average molecular weight is 327 g/mol. The average Bonchev–Trinajstić information content (AvgIpc) is 2.28. The van der Waals surface area contributed by atoms with Gasteiger partial charge in [0.1, 0.15) is 17.3 Å². The first-order valence-electron chi connectivity index (χ1n) is 4.98. The second-order valence-corrected chi connectivity index (χ2v) is 4.85. The highest BCUT2D eigenvalue weighted by atomic mass is 79.9. The number of nitrogens with zero attached hydrogens (tertiary/aromatic N) is 1. The highest BCUT2D eigenvalue weighted by Crippen LogP contribution is 2.29. The number of nitrogens with one attached hydrogen (secondary N) is 1. The van der Waals surface area contributed by atoms with Crippen molar-refractivity contribution in [3.8, 4) is 11.5 Å². The van der Waals surface area contributed by atoms with E-state index >= 15 is 0 Å². The Labute approximate surface area is 117 Å². The van der Waals surface area contributed by atoms with E-state index in [4.69, 9.17) is 27.5 Å². The van der Waals surface area contributed by atoms with E-state index in [1.165, 1.54) is 0 Å². The number of hydrogen-bond donors (Lipinski definition) is 2. The van der Waals surface area contributed by atoms with Crippen LogP contribution >= 0.6 is 27.5 Å². The van der Waals surface area contributed by atoms with Crippen molar-refractivity contribution in [3.63, 3.8) is 0 Å². The molecular formula is C12H9BrClN3O. The van der Waals surface area contributed by atoms with Gasteiger partial charge in [-0.2, -0.15) is 0 Å². The fourth-order valence-electron chi connectivity index (χ4n) is 1.38. The molecule has 2 aromatic rings. The molecular weight excluding hydrogens is 318 g/mol. The van der Waals surface area contributed by atoms with Crippen LogP contribution in [0.3, 0.4) is 0 Å². The molecule has 0 saturated carbocycles. The monoisotopic (exact) mass is 325 g/mol. The van der Waals surface area contributed by atoms with E-state index in [-0.39, 0.29) is 5.84 Å². The normalized spacial score (nSPS) is 10.1. The molecule has 6 heteroatoms. The second kappa shape index (κ2) is 5.37. The van der Waals surface area contributed by atoms with E-state index in [2.05, 4.69) is 20.9 Å². The van der Waals surface area contributed by atoms with E-state index in [1.807, 2.05) is 0 Å². The number of amidine groups is 1. The van der Waals surface area contributed by atoms with Gasteiger partial charge in [-0.1, -0.05) is 11.6 Å². The zero-order valence-corrected chi connectivity index (χ0v) is 11.5. The lowest BCUT2D eigenvalue weighted by molar-refractivity contribution is 0.479. The summed E-state index contributed by atoms with van der Waals surface area (Å²) >= 11 is 9.20. The third kappa shape index (κ3) is 3.00. The summed E-state index contributed by atoms with van der Waals surface area (Å²) in [4.78, 5) is 3.99. The van der Waals surface area contributed by atoms with Crippen LogP contribution in [0.1, 0.15) is 5.56 Å². The first-order valence-corrected chi connectivity index (χ1v) is 6.15. The predicted molar refractivity (Wildman–Crippen MR) is 74.5 cm³/mol. The van der Waals surface area contributed by atoms with Gasteiger partial charge in [-0.15, -0.1) is 0 Å². The van der Waals surface area contributed by atoms with Crippen LogP contribution < -0.4 is 10.5 Å². The second-order valence-electron chi connectivity index (χ2n) is 3.50. The number of ether oxygens (including phenoxy) is 1. The highest BCUT2D eigenvalue weighted by molar-refractivity contribution is 9.10.